The van der Waals surface area contributed by atoms with E-state index in [0.717, 1.165) is 30.4 Å². The molecule has 1 atom stereocenters. The fourth-order valence-electron chi connectivity index (χ4n) is 5.90. The molecule has 0 amide bonds. The maximum absolute atomic E-state index is 14.9. The minimum absolute atomic E-state index is 0.0208. The first kappa shape index (κ1) is 31.1. The van der Waals surface area contributed by atoms with Gasteiger partial charge in [0.15, 0.2) is 11.6 Å². The molecule has 5 rings (SSSR count). The van der Waals surface area contributed by atoms with Gasteiger partial charge in [-0.25, -0.2) is 4.39 Å². The van der Waals surface area contributed by atoms with Crippen molar-refractivity contribution in [2.45, 2.75) is 71.3 Å². The molecule has 0 aliphatic heterocycles. The van der Waals surface area contributed by atoms with Gasteiger partial charge in [-0.3, -0.25) is 14.4 Å². The van der Waals surface area contributed by atoms with Crippen LogP contribution in [0.15, 0.2) is 97.1 Å². The monoisotopic (exact) mass is 590 g/mol. The summed E-state index contributed by atoms with van der Waals surface area (Å²) in [4.78, 5) is 40.0. The first-order chi connectivity index (χ1) is 21.0. The summed E-state index contributed by atoms with van der Waals surface area (Å²) in [5.74, 6) is -1.91. The molecule has 4 aromatic carbocycles. The van der Waals surface area contributed by atoms with Gasteiger partial charge in [0.2, 0.25) is 0 Å². The van der Waals surface area contributed by atoms with Crippen LogP contribution in [0.25, 0.3) is 11.1 Å². The van der Waals surface area contributed by atoms with Gasteiger partial charge in [-0.2, -0.15) is 0 Å². The van der Waals surface area contributed by atoms with E-state index in [0.29, 0.717) is 16.7 Å². The molecule has 5 heteroatoms. The highest BCUT2D eigenvalue weighted by Gasteiger charge is 2.49. The van der Waals surface area contributed by atoms with Crippen molar-refractivity contribution in [1.29, 1.82) is 0 Å². The minimum atomic E-state index is -0.744. The van der Waals surface area contributed by atoms with E-state index < -0.39 is 23.3 Å². The van der Waals surface area contributed by atoms with Gasteiger partial charge in [0.1, 0.15) is 11.4 Å². The van der Waals surface area contributed by atoms with Crippen LogP contribution in [0.1, 0.15) is 89.8 Å². The molecule has 0 radical (unpaired) electrons. The quantitative estimate of drug-likeness (QED) is 0.129. The van der Waals surface area contributed by atoms with Crippen LogP contribution in [0, 0.1) is 18.2 Å². The molecule has 1 aliphatic carbocycles. The molecule has 1 saturated carbocycles. The Labute approximate surface area is 259 Å². The summed E-state index contributed by atoms with van der Waals surface area (Å²) in [6, 6.07) is 29.9. The summed E-state index contributed by atoms with van der Waals surface area (Å²) in [6.45, 7) is 7.11. The lowest BCUT2D eigenvalue weighted by Gasteiger charge is -2.22. The summed E-state index contributed by atoms with van der Waals surface area (Å²) in [5.41, 5.74) is 3.95. The Morgan fingerprint density at radius 1 is 0.841 bits per heavy atom. The molecular formula is C39H39FO4. The first-order valence-corrected chi connectivity index (χ1v) is 15.3. The second-order valence-corrected chi connectivity index (χ2v) is 12.9. The number of hydrogen-bond acceptors (Lipinski definition) is 4. The maximum atomic E-state index is 14.9. The van der Waals surface area contributed by atoms with Crippen molar-refractivity contribution in [2.24, 2.45) is 5.41 Å². The summed E-state index contributed by atoms with van der Waals surface area (Å²) >= 11 is 0. The van der Waals surface area contributed by atoms with E-state index in [4.69, 9.17) is 4.74 Å². The third-order valence-electron chi connectivity index (χ3n) is 8.33. The predicted octanol–water partition coefficient (Wildman–Crippen LogP) is 9.10. The molecule has 226 valence electrons. The van der Waals surface area contributed by atoms with Crippen LogP contribution in [0.2, 0.25) is 0 Å². The third-order valence-corrected chi connectivity index (χ3v) is 8.33. The number of ether oxygens (including phenoxy) is 1. The van der Waals surface area contributed by atoms with Crippen molar-refractivity contribution >= 4 is 17.5 Å². The Kier molecular flexibility index (Phi) is 8.96. The molecule has 0 spiro atoms. The van der Waals surface area contributed by atoms with Crippen LogP contribution in [0.3, 0.4) is 0 Å². The zero-order valence-corrected chi connectivity index (χ0v) is 25.9. The van der Waals surface area contributed by atoms with Crippen LogP contribution in [-0.4, -0.2) is 23.1 Å². The standard InChI is InChI=1S/C39H39FO4/c1-26-10-8-15-33(40)35(26)36(42)32(20-21-34(41)44-38(2,3)4)31-14-9-13-30(24-31)28-16-18-29(19-17-28)37(43)39(22-23-39)25-27-11-6-5-7-12-27/h5-19,24,32H,20-23,25H2,1-4H3. The smallest absolute Gasteiger partial charge is 0.306 e. The van der Waals surface area contributed by atoms with Crippen LogP contribution in [-0.2, 0) is 16.0 Å². The summed E-state index contributed by atoms with van der Waals surface area (Å²) in [5, 5.41) is 0. The van der Waals surface area contributed by atoms with E-state index >= 15 is 0 Å². The highest BCUT2D eigenvalue weighted by atomic mass is 19.1. The maximum Gasteiger partial charge on any atom is 0.306 e. The van der Waals surface area contributed by atoms with E-state index in [2.05, 4.69) is 12.1 Å². The number of esters is 1. The lowest BCUT2D eigenvalue weighted by Crippen LogP contribution is -2.25. The van der Waals surface area contributed by atoms with Gasteiger partial charge >= 0.3 is 5.97 Å². The fourth-order valence-corrected chi connectivity index (χ4v) is 5.90. The van der Waals surface area contributed by atoms with Crippen LogP contribution in [0.5, 0.6) is 0 Å². The zero-order valence-electron chi connectivity index (χ0n) is 25.9. The largest absolute Gasteiger partial charge is 0.460 e. The van der Waals surface area contributed by atoms with Crippen LogP contribution >= 0.6 is 0 Å². The van der Waals surface area contributed by atoms with Gasteiger partial charge in [0, 0.05) is 23.3 Å². The molecule has 0 N–H and O–H groups in total. The van der Waals surface area contributed by atoms with E-state index in [-0.39, 0.29) is 35.4 Å². The Hall–Kier alpha value is -4.38. The van der Waals surface area contributed by atoms with Gasteiger partial charge < -0.3 is 4.74 Å². The van der Waals surface area contributed by atoms with Gasteiger partial charge in [-0.05, 0) is 87.3 Å². The van der Waals surface area contributed by atoms with Crippen LogP contribution < -0.4 is 0 Å². The molecule has 44 heavy (non-hydrogen) atoms. The number of hydrogen-bond donors (Lipinski definition) is 0. The highest BCUT2D eigenvalue weighted by Crippen LogP contribution is 2.51. The number of carbonyl (C=O) groups is 3. The van der Waals surface area contributed by atoms with Crippen molar-refractivity contribution in [3.63, 3.8) is 0 Å². The molecule has 0 saturated heterocycles. The van der Waals surface area contributed by atoms with Gasteiger partial charge in [0.05, 0.1) is 5.56 Å². The fraction of sp³-hybridized carbons (Fsp3) is 0.308. The number of rotatable bonds is 11. The van der Waals surface area contributed by atoms with Gasteiger partial charge in [0.25, 0.3) is 0 Å². The molecule has 0 aromatic heterocycles. The van der Waals surface area contributed by atoms with Crippen LogP contribution in [0.4, 0.5) is 4.39 Å². The summed E-state index contributed by atoms with van der Waals surface area (Å²) in [6.07, 6.45) is 2.74. The molecule has 1 unspecified atom stereocenters. The molecule has 1 fully saturated rings. The van der Waals surface area contributed by atoms with Crippen molar-refractivity contribution in [3.8, 4) is 11.1 Å². The average molecular weight is 591 g/mol. The second-order valence-electron chi connectivity index (χ2n) is 12.9. The summed E-state index contributed by atoms with van der Waals surface area (Å²) in [7, 11) is 0. The average Bonchev–Trinajstić information content (AvgIpc) is 3.77. The molecule has 4 nitrogen and oxygen atoms in total. The van der Waals surface area contributed by atoms with E-state index in [1.807, 2.05) is 66.7 Å². The van der Waals surface area contributed by atoms with Gasteiger partial charge in [-0.1, -0.05) is 91.0 Å². The first-order valence-electron chi connectivity index (χ1n) is 15.3. The summed E-state index contributed by atoms with van der Waals surface area (Å²) < 4.78 is 20.4. The van der Waals surface area contributed by atoms with E-state index in [1.54, 1.807) is 39.8 Å². The van der Waals surface area contributed by atoms with E-state index in [9.17, 15) is 18.8 Å². The SMILES string of the molecule is Cc1cccc(F)c1C(=O)C(CCC(=O)OC(C)(C)C)c1cccc(-c2ccc(C(=O)C3(Cc4ccccc4)CC3)cc2)c1. The number of aryl methyl sites for hydroxylation is 1. The number of benzene rings is 4. The Morgan fingerprint density at radius 2 is 1.52 bits per heavy atom. The van der Waals surface area contributed by atoms with E-state index in [1.165, 1.54) is 11.6 Å². The van der Waals surface area contributed by atoms with Crippen molar-refractivity contribution in [3.05, 3.63) is 131 Å². The lowest BCUT2D eigenvalue weighted by molar-refractivity contribution is -0.154. The minimum Gasteiger partial charge on any atom is -0.460 e. The predicted molar refractivity (Wildman–Crippen MR) is 171 cm³/mol. The third kappa shape index (κ3) is 7.21. The molecule has 4 aromatic rings. The number of halogens is 1. The Balaban J connectivity index is 1.39. The van der Waals surface area contributed by atoms with Crippen molar-refractivity contribution in [2.75, 3.05) is 0 Å². The molecular weight excluding hydrogens is 551 g/mol. The molecule has 0 bridgehead atoms. The zero-order chi connectivity index (χ0) is 31.5. The normalized spacial score (nSPS) is 14.5. The number of ketones is 2. The van der Waals surface area contributed by atoms with Crippen molar-refractivity contribution in [1.82, 2.24) is 0 Å². The number of Topliss-reactive ketones (excluding diaryl/α,β-unsaturated/α-hetero) is 2. The highest BCUT2D eigenvalue weighted by molar-refractivity contribution is 6.03. The van der Waals surface area contributed by atoms with Crippen molar-refractivity contribution < 1.29 is 23.5 Å². The van der Waals surface area contributed by atoms with Gasteiger partial charge in [-0.15, -0.1) is 0 Å². The topological polar surface area (TPSA) is 60.4 Å². The molecule has 1 aliphatic rings. The number of carbonyl (C=O) groups excluding carboxylic acids is 3. The Morgan fingerprint density at radius 3 is 2.16 bits per heavy atom. The molecule has 0 heterocycles. The Bertz CT molecular complexity index is 1640. The second kappa shape index (κ2) is 12.7. The lowest BCUT2D eigenvalue weighted by atomic mass is 9.84.